The first-order valence-electron chi connectivity index (χ1n) is 12.1. The van der Waals surface area contributed by atoms with Crippen LogP contribution in [0.4, 0.5) is 6.01 Å². The molecular weight excluding hydrogens is 468 g/mol. The Morgan fingerprint density at radius 1 is 0.973 bits per heavy atom. The molecule has 1 aromatic heterocycles. The molecule has 4 rings (SSSR count). The van der Waals surface area contributed by atoms with Crippen LogP contribution < -0.4 is 16.3 Å². The Kier molecular flexibility index (Phi) is 7.98. The van der Waals surface area contributed by atoms with Crippen LogP contribution in [0.3, 0.4) is 0 Å². The van der Waals surface area contributed by atoms with Crippen molar-refractivity contribution in [1.29, 1.82) is 0 Å². The highest BCUT2D eigenvalue weighted by Crippen LogP contribution is 2.20. The molecule has 3 aromatic carbocycles. The van der Waals surface area contributed by atoms with Gasteiger partial charge in [-0.2, -0.15) is 4.98 Å². The second-order valence-electron chi connectivity index (χ2n) is 9.03. The summed E-state index contributed by atoms with van der Waals surface area (Å²) in [5.41, 5.74) is 3.36. The minimum Gasteiger partial charge on any atom is -0.389 e. The van der Waals surface area contributed by atoms with Crippen LogP contribution in [0.5, 0.6) is 0 Å². The maximum absolute atomic E-state index is 13.5. The van der Waals surface area contributed by atoms with E-state index in [1.807, 2.05) is 66.7 Å². The molecule has 8 heteroatoms. The van der Waals surface area contributed by atoms with Gasteiger partial charge in [0.2, 0.25) is 11.8 Å². The summed E-state index contributed by atoms with van der Waals surface area (Å²) < 4.78 is 5.53. The molecule has 0 aliphatic rings. The van der Waals surface area contributed by atoms with Crippen LogP contribution in [0, 0.1) is 6.92 Å². The molecule has 0 saturated carbocycles. The van der Waals surface area contributed by atoms with Gasteiger partial charge in [0.15, 0.2) is 0 Å². The van der Waals surface area contributed by atoms with Crippen LogP contribution in [0.25, 0.3) is 10.9 Å². The van der Waals surface area contributed by atoms with Crippen molar-refractivity contribution in [3.8, 4) is 0 Å². The van der Waals surface area contributed by atoms with Gasteiger partial charge in [0.25, 0.3) is 6.01 Å². The van der Waals surface area contributed by atoms with E-state index in [0.29, 0.717) is 36.0 Å². The zero-order valence-electron chi connectivity index (χ0n) is 21.2. The Labute approximate surface area is 215 Å². The van der Waals surface area contributed by atoms with Crippen molar-refractivity contribution >= 4 is 28.7 Å². The quantitative estimate of drug-likeness (QED) is 0.364. The molecular formula is C29H30N4O4. The topological polar surface area (TPSA) is 105 Å². The molecule has 2 amide bonds. The smallest absolute Gasteiger partial charge is 0.348 e. The zero-order valence-corrected chi connectivity index (χ0v) is 21.2. The van der Waals surface area contributed by atoms with Gasteiger partial charge in [-0.25, -0.2) is 4.79 Å². The highest BCUT2D eigenvalue weighted by Gasteiger charge is 2.25. The number of amides is 2. The molecule has 190 valence electrons. The molecule has 4 aromatic rings. The lowest BCUT2D eigenvalue weighted by Gasteiger charge is -2.25. The van der Waals surface area contributed by atoms with E-state index in [4.69, 9.17) is 4.42 Å². The first kappa shape index (κ1) is 25.6. The number of nitrogens with zero attached hydrogens (tertiary/aromatic N) is 2. The van der Waals surface area contributed by atoms with Gasteiger partial charge in [0.1, 0.15) is 6.04 Å². The van der Waals surface area contributed by atoms with Gasteiger partial charge in [-0.1, -0.05) is 66.7 Å². The monoisotopic (exact) mass is 498 g/mol. The number of carbonyl (C=O) groups is 2. The number of hydrogen-bond acceptors (Lipinski definition) is 6. The molecule has 1 atom stereocenters. The first-order valence-corrected chi connectivity index (χ1v) is 12.1. The number of anilines is 1. The predicted molar refractivity (Wildman–Crippen MR) is 143 cm³/mol. The summed E-state index contributed by atoms with van der Waals surface area (Å²) in [5.74, 6) is -0.311. The molecule has 2 N–H and O–H groups in total. The van der Waals surface area contributed by atoms with Crippen LogP contribution in [0.2, 0.25) is 0 Å². The largest absolute Gasteiger partial charge is 0.389 e. The second-order valence-corrected chi connectivity index (χ2v) is 9.03. The molecule has 0 unspecified atom stereocenters. The summed E-state index contributed by atoms with van der Waals surface area (Å²) in [5, 5.41) is 6.16. The SMILES string of the molecule is CC(=O)NCc1ccc2nc(N[C@@H](Cc3ccccc3)C(=O)N(C)Cc3ccccc3)oc(=O)c2c1C. The summed E-state index contributed by atoms with van der Waals surface area (Å²) >= 11 is 0. The van der Waals surface area contributed by atoms with Crippen molar-refractivity contribution in [3.05, 3.63) is 105 Å². The Bertz CT molecular complexity index is 1450. The number of aryl methyl sites for hydroxylation is 1. The summed E-state index contributed by atoms with van der Waals surface area (Å²) in [6.45, 7) is 3.98. The van der Waals surface area contributed by atoms with Gasteiger partial charge < -0.3 is 20.0 Å². The lowest BCUT2D eigenvalue weighted by atomic mass is 10.0. The van der Waals surface area contributed by atoms with Crippen LogP contribution in [0.15, 0.2) is 82.0 Å². The normalized spacial score (nSPS) is 11.6. The lowest BCUT2D eigenvalue weighted by molar-refractivity contribution is -0.131. The van der Waals surface area contributed by atoms with E-state index in [1.165, 1.54) is 6.92 Å². The molecule has 37 heavy (non-hydrogen) atoms. The van der Waals surface area contributed by atoms with Crippen molar-refractivity contribution in [3.63, 3.8) is 0 Å². The second kappa shape index (κ2) is 11.5. The van der Waals surface area contributed by atoms with E-state index in [0.717, 1.165) is 16.7 Å². The van der Waals surface area contributed by atoms with Crippen molar-refractivity contribution in [2.75, 3.05) is 12.4 Å². The van der Waals surface area contributed by atoms with Crippen molar-refractivity contribution in [2.45, 2.75) is 39.4 Å². The third-order valence-corrected chi connectivity index (χ3v) is 6.22. The maximum Gasteiger partial charge on any atom is 0.348 e. The van der Waals surface area contributed by atoms with Gasteiger partial charge in [-0.05, 0) is 35.2 Å². The van der Waals surface area contributed by atoms with Gasteiger partial charge in [-0.15, -0.1) is 0 Å². The van der Waals surface area contributed by atoms with E-state index >= 15 is 0 Å². The van der Waals surface area contributed by atoms with E-state index < -0.39 is 11.7 Å². The first-order chi connectivity index (χ1) is 17.8. The lowest BCUT2D eigenvalue weighted by Crippen LogP contribution is -2.42. The van der Waals surface area contributed by atoms with Crippen LogP contribution in [0.1, 0.15) is 29.2 Å². The molecule has 0 aliphatic carbocycles. The fraction of sp³-hybridized carbons (Fsp3) is 0.241. The van der Waals surface area contributed by atoms with Crippen molar-refractivity contribution < 1.29 is 14.0 Å². The number of rotatable bonds is 9. The van der Waals surface area contributed by atoms with Gasteiger partial charge in [0, 0.05) is 33.5 Å². The van der Waals surface area contributed by atoms with Gasteiger partial charge in [-0.3, -0.25) is 9.59 Å². The number of carbonyl (C=O) groups excluding carboxylic acids is 2. The maximum atomic E-state index is 13.5. The Morgan fingerprint density at radius 2 is 1.62 bits per heavy atom. The van der Waals surface area contributed by atoms with E-state index in [-0.39, 0.29) is 17.8 Å². The predicted octanol–water partition coefficient (Wildman–Crippen LogP) is 3.81. The molecule has 0 bridgehead atoms. The molecule has 0 saturated heterocycles. The summed E-state index contributed by atoms with van der Waals surface area (Å²) in [4.78, 5) is 43.9. The van der Waals surface area contributed by atoms with Crippen LogP contribution in [-0.4, -0.2) is 34.8 Å². The molecule has 0 fully saturated rings. The third-order valence-electron chi connectivity index (χ3n) is 6.22. The summed E-state index contributed by atoms with van der Waals surface area (Å²) in [6, 6.07) is 22.2. The number of aromatic nitrogens is 1. The molecule has 0 radical (unpaired) electrons. The minimum absolute atomic E-state index is 0.0195. The standard InChI is InChI=1S/C29H30N4O4/c1-19-23(17-30-20(2)34)14-15-24-26(19)28(36)37-29(31-24)32-25(16-21-10-6-4-7-11-21)27(35)33(3)18-22-12-8-5-9-13-22/h4-15,25H,16-18H2,1-3H3,(H,30,34)(H,31,32)/t25-/m0/s1. The number of hydrogen-bond donors (Lipinski definition) is 2. The van der Waals surface area contributed by atoms with E-state index in [2.05, 4.69) is 15.6 Å². The van der Waals surface area contributed by atoms with Gasteiger partial charge >= 0.3 is 5.63 Å². The fourth-order valence-electron chi connectivity index (χ4n) is 4.24. The molecule has 0 spiro atoms. The average Bonchev–Trinajstić information content (AvgIpc) is 2.88. The summed E-state index contributed by atoms with van der Waals surface area (Å²) in [7, 11) is 1.75. The van der Waals surface area contributed by atoms with Crippen molar-refractivity contribution in [1.82, 2.24) is 15.2 Å². The fourth-order valence-corrected chi connectivity index (χ4v) is 4.24. The summed E-state index contributed by atoms with van der Waals surface area (Å²) in [6.07, 6.45) is 0.386. The molecule has 8 nitrogen and oxygen atoms in total. The van der Waals surface area contributed by atoms with Crippen LogP contribution in [-0.2, 0) is 29.1 Å². The zero-order chi connectivity index (χ0) is 26.4. The number of nitrogens with one attached hydrogen (secondary N) is 2. The van der Waals surface area contributed by atoms with Crippen molar-refractivity contribution in [2.24, 2.45) is 0 Å². The Hall–Kier alpha value is -4.46. The minimum atomic E-state index is -0.704. The Morgan fingerprint density at radius 3 is 2.27 bits per heavy atom. The highest BCUT2D eigenvalue weighted by molar-refractivity contribution is 5.86. The third kappa shape index (κ3) is 6.41. The highest BCUT2D eigenvalue weighted by atomic mass is 16.4. The number of benzene rings is 3. The molecule has 1 heterocycles. The average molecular weight is 499 g/mol. The number of likely N-dealkylation sites (N-methyl/N-ethyl adjacent to an activating group) is 1. The number of fused-ring (bicyclic) bond motifs is 1. The van der Waals surface area contributed by atoms with Gasteiger partial charge in [0.05, 0.1) is 10.9 Å². The Balaban J connectivity index is 1.62. The van der Waals surface area contributed by atoms with E-state index in [1.54, 1.807) is 24.9 Å². The van der Waals surface area contributed by atoms with Crippen LogP contribution >= 0.6 is 0 Å². The molecule has 0 aliphatic heterocycles. The van der Waals surface area contributed by atoms with E-state index in [9.17, 15) is 14.4 Å².